The molecule has 2 fully saturated rings. The molecule has 2 aromatic carbocycles. The van der Waals surface area contributed by atoms with Gasteiger partial charge in [-0.15, -0.1) is 11.3 Å². The molecule has 0 bridgehead atoms. The Labute approximate surface area is 218 Å². The maximum Gasteiger partial charge on any atom is 0.307 e. The first-order valence-corrected chi connectivity index (χ1v) is 14.3. The van der Waals surface area contributed by atoms with E-state index in [1.807, 2.05) is 0 Å². The maximum atomic E-state index is 11.3. The minimum atomic E-state index is -0.680. The van der Waals surface area contributed by atoms with Gasteiger partial charge in [0.2, 0.25) is 0 Å². The summed E-state index contributed by atoms with van der Waals surface area (Å²) >= 11 is 1.66. The van der Waals surface area contributed by atoms with Gasteiger partial charge in [0.1, 0.15) is 5.01 Å². The van der Waals surface area contributed by atoms with E-state index in [4.69, 9.17) is 4.98 Å². The van der Waals surface area contributed by atoms with Crippen molar-refractivity contribution in [1.82, 2.24) is 9.88 Å². The van der Waals surface area contributed by atoms with Gasteiger partial charge in [0, 0.05) is 29.7 Å². The predicted octanol–water partition coefficient (Wildman–Crippen LogP) is 6.81. The van der Waals surface area contributed by atoms with Crippen molar-refractivity contribution in [3.8, 4) is 11.3 Å². The number of hydrogen-bond donors (Lipinski definition) is 2. The summed E-state index contributed by atoms with van der Waals surface area (Å²) < 4.78 is 0. The van der Waals surface area contributed by atoms with Gasteiger partial charge in [0.05, 0.1) is 18.2 Å². The predicted molar refractivity (Wildman–Crippen MR) is 148 cm³/mol. The van der Waals surface area contributed by atoms with Crippen molar-refractivity contribution in [1.29, 1.82) is 0 Å². The zero-order valence-corrected chi connectivity index (χ0v) is 21.8. The lowest BCUT2D eigenvalue weighted by Crippen LogP contribution is -2.38. The molecule has 5 rings (SSSR count). The third kappa shape index (κ3) is 6.54. The lowest BCUT2D eigenvalue weighted by Gasteiger charge is -2.29. The van der Waals surface area contributed by atoms with Crippen LogP contribution in [0.5, 0.6) is 0 Å². The molecular weight excluding hydrogens is 466 g/mol. The smallest absolute Gasteiger partial charge is 0.307 e. The number of aliphatic carboxylic acids is 1. The number of piperidine rings is 1. The topological polar surface area (TPSA) is 65.5 Å². The summed E-state index contributed by atoms with van der Waals surface area (Å²) in [4.78, 5) is 18.4. The summed E-state index contributed by atoms with van der Waals surface area (Å²) in [5, 5.41) is 16.0. The number of nitrogens with zero attached hydrogens (tertiary/aromatic N) is 2. The highest BCUT2D eigenvalue weighted by Gasteiger charge is 2.25. The molecule has 6 heteroatoms. The van der Waals surface area contributed by atoms with Crippen LogP contribution in [0.15, 0.2) is 53.9 Å². The molecule has 1 aromatic heterocycles. The molecule has 1 saturated heterocycles. The number of nitrogens with one attached hydrogen (secondary N) is 1. The van der Waals surface area contributed by atoms with Crippen LogP contribution in [-0.4, -0.2) is 40.6 Å². The average Bonchev–Trinajstić information content (AvgIpc) is 3.38. The van der Waals surface area contributed by atoms with Crippen molar-refractivity contribution < 1.29 is 9.90 Å². The number of carbonyl (C=O) groups is 1. The standard InChI is InChI=1S/C30H37N3O2S/c34-30(35)26-7-4-18-33(19-26)20-29-32-28(21-36-29)25-12-14-27(15-13-25)31-17-16-22-8-10-24(11-9-22)23-5-2-1-3-6-23/h8-15,21,23,26,31H,1-7,16-20H2,(H,34,35). The quantitative estimate of drug-likeness (QED) is 0.336. The third-order valence-electron chi connectivity index (χ3n) is 7.75. The molecular formula is C30H37N3O2S. The first kappa shape index (κ1) is 25.0. The molecule has 2 aliphatic rings. The Hall–Kier alpha value is -2.70. The summed E-state index contributed by atoms with van der Waals surface area (Å²) in [7, 11) is 0. The lowest BCUT2D eigenvalue weighted by atomic mass is 9.84. The van der Waals surface area contributed by atoms with Crippen molar-refractivity contribution in [3.05, 3.63) is 70.0 Å². The number of carboxylic acids is 1. The van der Waals surface area contributed by atoms with Crippen LogP contribution in [-0.2, 0) is 17.8 Å². The second-order valence-corrected chi connectivity index (χ2v) is 11.3. The molecule has 2 N–H and O–H groups in total. The van der Waals surface area contributed by atoms with Gasteiger partial charge in [-0.25, -0.2) is 4.98 Å². The van der Waals surface area contributed by atoms with Gasteiger partial charge in [-0.2, -0.15) is 0 Å². The van der Waals surface area contributed by atoms with Crippen LogP contribution in [0.1, 0.15) is 67.0 Å². The number of thiazole rings is 1. The van der Waals surface area contributed by atoms with Crippen LogP contribution in [0.2, 0.25) is 0 Å². The molecule has 36 heavy (non-hydrogen) atoms. The van der Waals surface area contributed by atoms with Crippen LogP contribution >= 0.6 is 11.3 Å². The number of anilines is 1. The number of hydrogen-bond acceptors (Lipinski definition) is 5. The molecule has 190 valence electrons. The highest BCUT2D eigenvalue weighted by Crippen LogP contribution is 2.32. The highest BCUT2D eigenvalue weighted by molar-refractivity contribution is 7.09. The van der Waals surface area contributed by atoms with E-state index in [0.717, 1.165) is 66.8 Å². The maximum absolute atomic E-state index is 11.3. The van der Waals surface area contributed by atoms with E-state index in [1.165, 1.54) is 43.2 Å². The van der Waals surface area contributed by atoms with E-state index < -0.39 is 5.97 Å². The molecule has 3 aromatic rings. The molecule has 1 aliphatic heterocycles. The lowest BCUT2D eigenvalue weighted by molar-refractivity contribution is -0.143. The van der Waals surface area contributed by atoms with Gasteiger partial charge in [-0.3, -0.25) is 9.69 Å². The molecule has 0 amide bonds. The van der Waals surface area contributed by atoms with Crippen molar-refractivity contribution >= 4 is 23.0 Å². The Morgan fingerprint density at radius 1 is 1.00 bits per heavy atom. The van der Waals surface area contributed by atoms with Crippen LogP contribution in [0.4, 0.5) is 5.69 Å². The van der Waals surface area contributed by atoms with Crippen molar-refractivity contribution in [2.75, 3.05) is 25.0 Å². The first-order chi connectivity index (χ1) is 17.6. The van der Waals surface area contributed by atoms with Crippen LogP contribution < -0.4 is 5.32 Å². The second-order valence-electron chi connectivity index (χ2n) is 10.4. The highest BCUT2D eigenvalue weighted by atomic mass is 32.1. The molecule has 0 radical (unpaired) electrons. The molecule has 2 heterocycles. The average molecular weight is 504 g/mol. The van der Waals surface area contributed by atoms with Crippen LogP contribution in [0.3, 0.4) is 0 Å². The monoisotopic (exact) mass is 503 g/mol. The summed E-state index contributed by atoms with van der Waals surface area (Å²) in [6, 6.07) is 17.8. The van der Waals surface area contributed by atoms with Crippen LogP contribution in [0.25, 0.3) is 11.3 Å². The third-order valence-corrected chi connectivity index (χ3v) is 8.58. The zero-order chi connectivity index (χ0) is 24.7. The fourth-order valence-corrected chi connectivity index (χ4v) is 6.46. The van der Waals surface area contributed by atoms with Gasteiger partial charge in [0.25, 0.3) is 0 Å². The Balaban J connectivity index is 1.09. The Bertz CT molecular complexity index is 1120. The van der Waals surface area contributed by atoms with Gasteiger partial charge in [0.15, 0.2) is 0 Å². The zero-order valence-electron chi connectivity index (χ0n) is 21.0. The number of aromatic nitrogens is 1. The summed E-state index contributed by atoms with van der Waals surface area (Å²) in [6.07, 6.45) is 9.61. The van der Waals surface area contributed by atoms with Gasteiger partial charge < -0.3 is 10.4 Å². The molecule has 1 atom stereocenters. The SMILES string of the molecule is O=C(O)C1CCCN(Cc2nc(-c3ccc(NCCc4ccc(C5CCCCC5)cc4)cc3)cs2)C1. The van der Waals surface area contributed by atoms with E-state index in [1.54, 1.807) is 11.3 Å². The van der Waals surface area contributed by atoms with E-state index in [2.05, 4.69) is 64.1 Å². The Kier molecular flexibility index (Phi) is 8.34. The van der Waals surface area contributed by atoms with E-state index >= 15 is 0 Å². The first-order valence-electron chi connectivity index (χ1n) is 13.5. The Morgan fingerprint density at radius 3 is 2.53 bits per heavy atom. The van der Waals surface area contributed by atoms with Crippen molar-refractivity contribution in [3.63, 3.8) is 0 Å². The van der Waals surface area contributed by atoms with E-state index in [9.17, 15) is 9.90 Å². The summed E-state index contributed by atoms with van der Waals surface area (Å²) in [5.41, 5.74) is 6.14. The summed E-state index contributed by atoms with van der Waals surface area (Å²) in [5.74, 6) is -0.160. The molecule has 5 nitrogen and oxygen atoms in total. The van der Waals surface area contributed by atoms with Crippen LogP contribution in [0, 0.1) is 5.92 Å². The number of rotatable bonds is 9. The van der Waals surface area contributed by atoms with Gasteiger partial charge in [-0.05, 0) is 67.8 Å². The van der Waals surface area contributed by atoms with Gasteiger partial charge in [-0.1, -0.05) is 55.7 Å². The molecule has 1 saturated carbocycles. The fraction of sp³-hybridized carbons (Fsp3) is 0.467. The minimum absolute atomic E-state index is 0.251. The van der Waals surface area contributed by atoms with Gasteiger partial charge >= 0.3 is 5.97 Å². The number of carboxylic acid groups (broad SMARTS) is 1. The summed E-state index contributed by atoms with van der Waals surface area (Å²) in [6.45, 7) is 3.21. The normalized spacial score (nSPS) is 19.3. The Morgan fingerprint density at radius 2 is 1.78 bits per heavy atom. The molecule has 1 aliphatic carbocycles. The van der Waals surface area contributed by atoms with E-state index in [0.29, 0.717) is 6.54 Å². The second kappa shape index (κ2) is 12.0. The minimum Gasteiger partial charge on any atom is -0.481 e. The van der Waals surface area contributed by atoms with Crippen molar-refractivity contribution in [2.24, 2.45) is 5.92 Å². The number of likely N-dealkylation sites (tertiary alicyclic amines) is 1. The molecule has 0 spiro atoms. The molecule has 1 unspecified atom stereocenters. The number of benzene rings is 2. The fourth-order valence-electron chi connectivity index (χ4n) is 5.61. The van der Waals surface area contributed by atoms with Crippen molar-refractivity contribution in [2.45, 2.75) is 63.8 Å². The van der Waals surface area contributed by atoms with E-state index in [-0.39, 0.29) is 5.92 Å². The largest absolute Gasteiger partial charge is 0.481 e.